The third-order valence-corrected chi connectivity index (χ3v) is 2.48. The minimum absolute atomic E-state index is 0.0283. The summed E-state index contributed by atoms with van der Waals surface area (Å²) in [6.07, 6.45) is 0. The van der Waals surface area contributed by atoms with E-state index in [1.807, 2.05) is 0 Å². The zero-order valence-corrected chi connectivity index (χ0v) is 11.4. The van der Waals surface area contributed by atoms with Gasteiger partial charge in [-0.1, -0.05) is 11.6 Å². The maximum atomic E-state index is 11.5. The summed E-state index contributed by atoms with van der Waals surface area (Å²) in [5, 5.41) is 23.7. The van der Waals surface area contributed by atoms with Crippen molar-refractivity contribution in [1.29, 1.82) is 0 Å². The molecule has 10 heteroatoms. The molecule has 9 nitrogen and oxygen atoms in total. The molecule has 0 spiro atoms. The predicted octanol–water partition coefficient (Wildman–Crippen LogP) is 1.47. The minimum Gasteiger partial charge on any atom is -0.480 e. The van der Waals surface area contributed by atoms with Gasteiger partial charge in [0.2, 0.25) is 0 Å². The Morgan fingerprint density at radius 3 is 2.76 bits per heavy atom. The summed E-state index contributed by atoms with van der Waals surface area (Å²) in [6, 6.07) is 3.23. The second-order valence-corrected chi connectivity index (χ2v) is 4.16. The zero-order valence-electron chi connectivity index (χ0n) is 10.7. The third-order valence-electron chi connectivity index (χ3n) is 2.16. The van der Waals surface area contributed by atoms with Crippen LogP contribution in [0.1, 0.15) is 0 Å². The Bertz CT molecular complexity index is 551. The van der Waals surface area contributed by atoms with Crippen molar-refractivity contribution in [3.05, 3.63) is 33.3 Å². The van der Waals surface area contributed by atoms with Crippen LogP contribution >= 0.6 is 11.6 Å². The second-order valence-electron chi connectivity index (χ2n) is 3.75. The smallest absolute Gasteiger partial charge is 0.329 e. The number of aliphatic carboxylic acids is 1. The van der Waals surface area contributed by atoms with Gasteiger partial charge in [0.05, 0.1) is 11.5 Å². The van der Waals surface area contributed by atoms with Crippen LogP contribution in [0.3, 0.4) is 0 Å². The molecule has 0 aliphatic heterocycles. The molecule has 0 fully saturated rings. The molecule has 0 aromatic heterocycles. The highest BCUT2D eigenvalue weighted by atomic mass is 35.5. The second kappa shape index (κ2) is 8.02. The number of nitrogens with zero attached hydrogens (tertiary/aromatic N) is 1. The van der Waals surface area contributed by atoms with Crippen molar-refractivity contribution in [1.82, 2.24) is 5.32 Å². The topological polar surface area (TPSA) is 131 Å². The van der Waals surface area contributed by atoms with Crippen LogP contribution in [0.25, 0.3) is 0 Å². The lowest BCUT2D eigenvalue weighted by Gasteiger charge is -2.07. The number of nitrogens with one attached hydrogen (secondary N) is 2. The van der Waals surface area contributed by atoms with Crippen molar-refractivity contribution in [2.24, 2.45) is 0 Å². The van der Waals surface area contributed by atoms with Crippen molar-refractivity contribution in [2.75, 3.05) is 25.1 Å². The fourth-order valence-corrected chi connectivity index (χ4v) is 1.49. The van der Waals surface area contributed by atoms with E-state index in [0.717, 1.165) is 6.07 Å². The summed E-state index contributed by atoms with van der Waals surface area (Å²) in [5.41, 5.74) is -0.116. The summed E-state index contributed by atoms with van der Waals surface area (Å²) >= 11 is 5.64. The highest BCUT2D eigenvalue weighted by molar-refractivity contribution is 6.32. The maximum absolute atomic E-state index is 11.5. The standard InChI is InChI=1S/C11H12ClN3O6/c12-8-2-1-7(5-9(8)15(19)20)14-11(18)13-3-4-21-6-10(16)17/h1-2,5H,3-4,6H2,(H,16,17)(H2,13,14,18). The van der Waals surface area contributed by atoms with Crippen LogP contribution in [0.15, 0.2) is 18.2 Å². The number of urea groups is 1. The first-order chi connectivity index (χ1) is 9.90. The van der Waals surface area contributed by atoms with Crippen molar-refractivity contribution in [3.63, 3.8) is 0 Å². The van der Waals surface area contributed by atoms with Crippen molar-refractivity contribution in [2.45, 2.75) is 0 Å². The Labute approximate surface area is 124 Å². The van der Waals surface area contributed by atoms with Crippen molar-refractivity contribution >= 4 is 35.0 Å². The molecule has 21 heavy (non-hydrogen) atoms. The molecular formula is C11H12ClN3O6. The van der Waals surface area contributed by atoms with Gasteiger partial charge < -0.3 is 20.5 Å². The van der Waals surface area contributed by atoms with Gasteiger partial charge in [0.15, 0.2) is 0 Å². The first-order valence-electron chi connectivity index (χ1n) is 5.68. The molecule has 1 aromatic carbocycles. The lowest BCUT2D eigenvalue weighted by atomic mass is 10.3. The lowest BCUT2D eigenvalue weighted by molar-refractivity contribution is -0.384. The molecule has 0 aliphatic carbocycles. The number of carboxylic acids is 1. The number of nitro benzene ring substituents is 1. The number of halogens is 1. The summed E-state index contributed by atoms with van der Waals surface area (Å²) in [5.74, 6) is -1.10. The van der Waals surface area contributed by atoms with Gasteiger partial charge in [-0.15, -0.1) is 0 Å². The number of anilines is 1. The van der Waals surface area contributed by atoms with E-state index in [1.54, 1.807) is 0 Å². The molecule has 0 saturated heterocycles. The first kappa shape index (κ1) is 16.7. The Balaban J connectivity index is 2.43. The number of amides is 2. The summed E-state index contributed by atoms with van der Waals surface area (Å²) in [4.78, 5) is 31.7. The molecule has 0 aliphatic rings. The van der Waals surface area contributed by atoms with E-state index < -0.39 is 23.5 Å². The summed E-state index contributed by atoms with van der Waals surface area (Å²) in [7, 11) is 0. The average Bonchev–Trinajstić information content (AvgIpc) is 2.40. The maximum Gasteiger partial charge on any atom is 0.329 e. The van der Waals surface area contributed by atoms with Gasteiger partial charge >= 0.3 is 12.0 Å². The van der Waals surface area contributed by atoms with Crippen LogP contribution in [-0.2, 0) is 9.53 Å². The number of carbonyl (C=O) groups excluding carboxylic acids is 1. The molecule has 0 unspecified atom stereocenters. The molecule has 2 amide bonds. The SMILES string of the molecule is O=C(O)COCCNC(=O)Nc1ccc(Cl)c([N+](=O)[O-])c1. The van der Waals surface area contributed by atoms with Crippen LogP contribution in [0, 0.1) is 10.1 Å². The van der Waals surface area contributed by atoms with Crippen LogP contribution in [0.4, 0.5) is 16.2 Å². The largest absolute Gasteiger partial charge is 0.480 e. The van der Waals surface area contributed by atoms with E-state index in [2.05, 4.69) is 10.6 Å². The predicted molar refractivity (Wildman–Crippen MR) is 73.6 cm³/mol. The van der Waals surface area contributed by atoms with Gasteiger partial charge in [-0.2, -0.15) is 0 Å². The average molecular weight is 318 g/mol. The Morgan fingerprint density at radius 1 is 1.43 bits per heavy atom. The lowest BCUT2D eigenvalue weighted by Crippen LogP contribution is -2.32. The van der Waals surface area contributed by atoms with Gasteiger partial charge in [0.25, 0.3) is 5.69 Å². The molecule has 0 radical (unpaired) electrons. The number of ether oxygens (including phenoxy) is 1. The molecule has 0 bridgehead atoms. The van der Waals surface area contributed by atoms with Gasteiger partial charge in [0.1, 0.15) is 11.6 Å². The van der Waals surface area contributed by atoms with Crippen molar-refractivity contribution < 1.29 is 24.4 Å². The Kier molecular flexibility index (Phi) is 6.37. The van der Waals surface area contributed by atoms with E-state index in [9.17, 15) is 19.7 Å². The zero-order chi connectivity index (χ0) is 15.8. The van der Waals surface area contributed by atoms with E-state index in [-0.39, 0.29) is 29.5 Å². The fourth-order valence-electron chi connectivity index (χ4n) is 1.30. The normalized spacial score (nSPS) is 9.95. The van der Waals surface area contributed by atoms with Crippen molar-refractivity contribution in [3.8, 4) is 0 Å². The molecular weight excluding hydrogens is 306 g/mol. The number of carbonyl (C=O) groups is 2. The van der Waals surface area contributed by atoms with Crippen LogP contribution in [0.2, 0.25) is 5.02 Å². The van der Waals surface area contributed by atoms with E-state index in [0.29, 0.717) is 0 Å². The molecule has 1 rings (SSSR count). The fraction of sp³-hybridized carbons (Fsp3) is 0.273. The highest BCUT2D eigenvalue weighted by Crippen LogP contribution is 2.27. The molecule has 114 valence electrons. The van der Waals surface area contributed by atoms with Gasteiger partial charge in [-0.3, -0.25) is 10.1 Å². The first-order valence-corrected chi connectivity index (χ1v) is 6.06. The van der Waals surface area contributed by atoms with E-state index >= 15 is 0 Å². The van der Waals surface area contributed by atoms with E-state index in [1.165, 1.54) is 12.1 Å². The number of hydrogen-bond donors (Lipinski definition) is 3. The Morgan fingerprint density at radius 2 is 2.14 bits per heavy atom. The quantitative estimate of drug-likeness (QED) is 0.396. The van der Waals surface area contributed by atoms with E-state index in [4.69, 9.17) is 21.4 Å². The number of nitro groups is 1. The Hall–Kier alpha value is -2.39. The van der Waals surface area contributed by atoms with Crippen LogP contribution in [-0.4, -0.2) is 41.8 Å². The highest BCUT2D eigenvalue weighted by Gasteiger charge is 2.13. The number of rotatable bonds is 7. The molecule has 0 saturated carbocycles. The monoisotopic (exact) mass is 317 g/mol. The van der Waals surface area contributed by atoms with Crippen LogP contribution < -0.4 is 10.6 Å². The molecule has 0 atom stereocenters. The number of benzene rings is 1. The summed E-state index contributed by atoms with van der Waals surface area (Å²) < 4.78 is 4.71. The summed E-state index contributed by atoms with van der Waals surface area (Å²) in [6.45, 7) is -0.331. The van der Waals surface area contributed by atoms with Gasteiger partial charge in [-0.05, 0) is 12.1 Å². The third kappa shape index (κ3) is 6.06. The van der Waals surface area contributed by atoms with Gasteiger partial charge in [0, 0.05) is 18.3 Å². The van der Waals surface area contributed by atoms with Gasteiger partial charge in [-0.25, -0.2) is 9.59 Å². The molecule has 0 heterocycles. The van der Waals surface area contributed by atoms with Crippen LogP contribution in [0.5, 0.6) is 0 Å². The number of carboxylic acid groups (broad SMARTS) is 1. The minimum atomic E-state index is -1.10. The molecule has 3 N–H and O–H groups in total. The molecule has 1 aromatic rings. The number of hydrogen-bond acceptors (Lipinski definition) is 5.